The Morgan fingerprint density at radius 3 is 1.86 bits per heavy atom. The SMILES string of the molecule is CS(=O)(=O)CCCS(=O)(=O)Nc1ccc(S(=O)(=O)[O-])cc1.[K+]. The van der Waals surface area contributed by atoms with Crippen LogP contribution in [0, 0.1) is 0 Å². The second kappa shape index (κ2) is 8.53. The molecule has 0 fully saturated rings. The Bertz CT molecular complexity index is 799. The fraction of sp³-hybridized carbons (Fsp3) is 0.400. The maximum absolute atomic E-state index is 11.7. The summed E-state index contributed by atoms with van der Waals surface area (Å²) in [5, 5.41) is 0. The number of rotatable bonds is 7. The van der Waals surface area contributed by atoms with Crippen molar-refractivity contribution in [2.24, 2.45) is 0 Å². The van der Waals surface area contributed by atoms with Gasteiger partial charge in [0.1, 0.15) is 20.0 Å². The molecule has 0 aliphatic heterocycles. The first-order valence-corrected chi connectivity index (χ1v) is 10.8. The molecule has 0 saturated heterocycles. The molecule has 8 nitrogen and oxygen atoms in total. The van der Waals surface area contributed by atoms with Gasteiger partial charge in [0.25, 0.3) is 0 Å². The summed E-state index contributed by atoms with van der Waals surface area (Å²) in [5.74, 6) is -0.636. The minimum absolute atomic E-state index is 0. The largest absolute Gasteiger partial charge is 1.00 e. The first kappa shape index (κ1) is 22.5. The van der Waals surface area contributed by atoms with E-state index in [4.69, 9.17) is 0 Å². The van der Waals surface area contributed by atoms with Gasteiger partial charge in [-0.1, -0.05) is 0 Å². The van der Waals surface area contributed by atoms with Crippen molar-refractivity contribution in [1.82, 2.24) is 0 Å². The Morgan fingerprint density at radius 1 is 0.955 bits per heavy atom. The van der Waals surface area contributed by atoms with Crippen molar-refractivity contribution in [3.05, 3.63) is 24.3 Å². The van der Waals surface area contributed by atoms with Crippen molar-refractivity contribution in [3.63, 3.8) is 0 Å². The fourth-order valence-electron chi connectivity index (χ4n) is 1.43. The molecule has 1 rings (SSSR count). The van der Waals surface area contributed by atoms with Gasteiger partial charge in [-0.25, -0.2) is 25.3 Å². The molecule has 0 amide bonds. The van der Waals surface area contributed by atoms with Crippen LogP contribution in [0.5, 0.6) is 0 Å². The maximum atomic E-state index is 11.7. The average Bonchev–Trinajstić information content (AvgIpc) is 2.25. The number of sulfone groups is 1. The van der Waals surface area contributed by atoms with Crippen LogP contribution in [0.1, 0.15) is 6.42 Å². The molecule has 1 aromatic rings. The molecule has 0 aromatic heterocycles. The third-order valence-corrected chi connectivity index (χ3v) is 5.60. The van der Waals surface area contributed by atoms with Crippen LogP contribution >= 0.6 is 0 Å². The standard InChI is InChI=1S/C10H15NO7S3.K/c1-19(12,13)7-2-8-20(14,15)11-9-3-5-10(6-4-9)21(16,17)18;/h3-6,11H,2,7-8H2,1H3,(H,16,17,18);/q;+1/p-1. The van der Waals surface area contributed by atoms with E-state index in [0.29, 0.717) is 0 Å². The van der Waals surface area contributed by atoms with Gasteiger partial charge >= 0.3 is 51.4 Å². The van der Waals surface area contributed by atoms with Crippen LogP contribution < -0.4 is 56.1 Å². The number of hydrogen-bond donors (Lipinski definition) is 1. The zero-order chi connectivity index (χ0) is 16.3. The molecule has 22 heavy (non-hydrogen) atoms. The third-order valence-electron chi connectivity index (χ3n) is 2.34. The first-order chi connectivity index (χ1) is 9.39. The van der Waals surface area contributed by atoms with Gasteiger partial charge in [-0.15, -0.1) is 0 Å². The zero-order valence-corrected chi connectivity index (χ0v) is 17.6. The molecule has 12 heteroatoms. The Labute approximate surface area is 172 Å². The minimum atomic E-state index is -4.59. The molecule has 0 spiro atoms. The van der Waals surface area contributed by atoms with E-state index in [-0.39, 0.29) is 75.0 Å². The van der Waals surface area contributed by atoms with Crippen molar-refractivity contribution in [1.29, 1.82) is 0 Å². The van der Waals surface area contributed by atoms with Crippen molar-refractivity contribution in [3.8, 4) is 0 Å². The quantitative estimate of drug-likeness (QED) is 0.378. The molecule has 0 atom stereocenters. The predicted molar refractivity (Wildman–Crippen MR) is 76.1 cm³/mol. The summed E-state index contributed by atoms with van der Waals surface area (Å²) in [6.07, 6.45) is 0.955. The van der Waals surface area contributed by atoms with Crippen LogP contribution in [0.25, 0.3) is 0 Å². The monoisotopic (exact) mass is 395 g/mol. The normalized spacial score (nSPS) is 12.5. The fourth-order valence-corrected chi connectivity index (χ4v) is 3.87. The number of nitrogens with one attached hydrogen (secondary N) is 1. The first-order valence-electron chi connectivity index (χ1n) is 5.63. The molecule has 0 radical (unpaired) electrons. The van der Waals surface area contributed by atoms with E-state index in [1.165, 1.54) is 0 Å². The average molecular weight is 396 g/mol. The van der Waals surface area contributed by atoms with Gasteiger partial charge in [0.2, 0.25) is 10.0 Å². The predicted octanol–water partition coefficient (Wildman–Crippen LogP) is -3.23. The van der Waals surface area contributed by atoms with Crippen molar-refractivity contribution < 1.29 is 81.2 Å². The summed E-state index contributed by atoms with van der Waals surface area (Å²) in [7, 11) is -11.6. The van der Waals surface area contributed by atoms with E-state index in [2.05, 4.69) is 4.72 Å². The summed E-state index contributed by atoms with van der Waals surface area (Å²) >= 11 is 0. The third kappa shape index (κ3) is 8.93. The maximum Gasteiger partial charge on any atom is 1.00 e. The van der Waals surface area contributed by atoms with Gasteiger partial charge in [0.15, 0.2) is 0 Å². The molecule has 120 valence electrons. The van der Waals surface area contributed by atoms with Crippen LogP contribution in [0.4, 0.5) is 5.69 Å². The summed E-state index contributed by atoms with van der Waals surface area (Å²) in [6, 6.07) is 4.24. The van der Waals surface area contributed by atoms with E-state index in [0.717, 1.165) is 30.5 Å². The second-order valence-electron chi connectivity index (χ2n) is 4.38. The van der Waals surface area contributed by atoms with Gasteiger partial charge in [0.05, 0.1) is 16.4 Å². The molecule has 0 aliphatic carbocycles. The van der Waals surface area contributed by atoms with Gasteiger partial charge in [-0.3, -0.25) is 4.72 Å². The molecule has 0 bridgehead atoms. The van der Waals surface area contributed by atoms with E-state index in [1.54, 1.807) is 0 Å². The van der Waals surface area contributed by atoms with Crippen LogP contribution in [0.3, 0.4) is 0 Å². The van der Waals surface area contributed by atoms with Crippen LogP contribution in [0.15, 0.2) is 29.2 Å². The molecule has 1 aromatic carbocycles. The summed E-state index contributed by atoms with van der Waals surface area (Å²) in [4.78, 5) is -0.470. The van der Waals surface area contributed by atoms with Gasteiger partial charge in [0, 0.05) is 11.9 Å². The smallest absolute Gasteiger partial charge is 0.744 e. The van der Waals surface area contributed by atoms with Gasteiger partial charge < -0.3 is 4.55 Å². The van der Waals surface area contributed by atoms with Gasteiger partial charge in [-0.2, -0.15) is 0 Å². The number of anilines is 1. The molecule has 0 unspecified atom stereocenters. The van der Waals surface area contributed by atoms with Gasteiger partial charge in [-0.05, 0) is 30.7 Å². The second-order valence-corrected chi connectivity index (χ2v) is 9.86. The molecule has 0 aliphatic rings. The summed E-state index contributed by atoms with van der Waals surface area (Å²) in [5.41, 5.74) is 0.0850. The van der Waals surface area contributed by atoms with Crippen LogP contribution in [0.2, 0.25) is 0 Å². The number of benzene rings is 1. The summed E-state index contributed by atoms with van der Waals surface area (Å²) in [6.45, 7) is 0. The Kier molecular flexibility index (Phi) is 8.71. The van der Waals surface area contributed by atoms with E-state index >= 15 is 0 Å². The zero-order valence-electron chi connectivity index (χ0n) is 12.0. The van der Waals surface area contributed by atoms with Crippen molar-refractivity contribution >= 4 is 35.7 Å². The van der Waals surface area contributed by atoms with E-state index < -0.39 is 34.9 Å². The number of hydrogen-bond acceptors (Lipinski definition) is 7. The Hall–Kier alpha value is 0.466. The van der Waals surface area contributed by atoms with Crippen molar-refractivity contribution in [2.45, 2.75) is 11.3 Å². The topological polar surface area (TPSA) is 138 Å². The van der Waals surface area contributed by atoms with Crippen LogP contribution in [-0.2, 0) is 30.0 Å². The Balaban J connectivity index is 0.00000441. The minimum Gasteiger partial charge on any atom is -0.744 e. The van der Waals surface area contributed by atoms with Crippen molar-refractivity contribution in [2.75, 3.05) is 22.5 Å². The van der Waals surface area contributed by atoms with Crippen LogP contribution in [-0.4, -0.2) is 47.6 Å². The molecule has 1 N–H and O–H groups in total. The molecular formula is C10H14KNO7S3. The molecule has 0 saturated carbocycles. The Morgan fingerprint density at radius 2 is 1.45 bits per heavy atom. The van der Waals surface area contributed by atoms with E-state index in [1.807, 2.05) is 0 Å². The molecule has 0 heterocycles. The number of sulfonamides is 1. The molecular weight excluding hydrogens is 381 g/mol. The van der Waals surface area contributed by atoms with E-state index in [9.17, 15) is 29.8 Å². The summed E-state index contributed by atoms with van der Waals surface area (Å²) < 4.78 is 79.5.